The van der Waals surface area contributed by atoms with Crippen molar-refractivity contribution in [2.24, 2.45) is 0 Å². The third-order valence-corrected chi connectivity index (χ3v) is 3.42. The first kappa shape index (κ1) is 12.9. The number of anilines is 1. The third kappa shape index (κ3) is 2.64. The fourth-order valence-electron chi connectivity index (χ4n) is 1.81. The number of aryl methyl sites for hydroxylation is 1. The average Bonchev–Trinajstić information content (AvgIpc) is 2.60. The Labute approximate surface area is 110 Å². The van der Waals surface area contributed by atoms with Crippen LogP contribution in [-0.4, -0.2) is 6.10 Å². The van der Waals surface area contributed by atoms with Gasteiger partial charge in [-0.3, -0.25) is 0 Å². The molecule has 0 saturated heterocycles. The van der Waals surface area contributed by atoms with Gasteiger partial charge in [-0.1, -0.05) is 6.07 Å². The van der Waals surface area contributed by atoms with Crippen molar-refractivity contribution in [1.29, 1.82) is 0 Å². The molecule has 4 heteroatoms. The number of nitrogens with two attached hydrogens (primary N) is 1. The number of nitrogen functional groups attached to an aromatic ring is 1. The van der Waals surface area contributed by atoms with Gasteiger partial charge >= 0.3 is 0 Å². The zero-order valence-electron chi connectivity index (χ0n) is 10.7. The molecule has 0 aliphatic heterocycles. The van der Waals surface area contributed by atoms with E-state index in [1.165, 1.54) is 17.4 Å². The molecule has 1 heterocycles. The normalized spacial score (nSPS) is 10.9. The van der Waals surface area contributed by atoms with Crippen molar-refractivity contribution < 1.29 is 9.13 Å². The molecule has 2 rings (SSSR count). The van der Waals surface area contributed by atoms with Gasteiger partial charge in [0.25, 0.3) is 0 Å². The number of benzene rings is 1. The van der Waals surface area contributed by atoms with Crippen LogP contribution >= 0.6 is 11.3 Å². The summed E-state index contributed by atoms with van der Waals surface area (Å²) in [6.07, 6.45) is -0.0381. The molecular weight excluding hydrogens is 249 g/mol. The average molecular weight is 265 g/mol. The molecule has 18 heavy (non-hydrogen) atoms. The molecule has 0 aliphatic carbocycles. The molecule has 0 spiro atoms. The summed E-state index contributed by atoms with van der Waals surface area (Å²) in [5, 5.41) is 0.741. The lowest BCUT2D eigenvalue weighted by Crippen LogP contribution is -2.06. The third-order valence-electron chi connectivity index (χ3n) is 2.54. The van der Waals surface area contributed by atoms with E-state index < -0.39 is 0 Å². The van der Waals surface area contributed by atoms with Crippen molar-refractivity contribution in [2.45, 2.75) is 26.9 Å². The number of hydrogen-bond acceptors (Lipinski definition) is 3. The van der Waals surface area contributed by atoms with Crippen molar-refractivity contribution in [1.82, 2.24) is 0 Å². The summed E-state index contributed by atoms with van der Waals surface area (Å²) in [6.45, 7) is 5.72. The van der Waals surface area contributed by atoms with Crippen molar-refractivity contribution in [3.05, 3.63) is 35.0 Å². The molecule has 1 aromatic heterocycles. The number of hydrogen-bond donors (Lipinski definition) is 1. The van der Waals surface area contributed by atoms with Crippen LogP contribution in [0.4, 0.5) is 9.39 Å². The number of rotatable bonds is 3. The quantitative estimate of drug-likeness (QED) is 0.901. The maximum atomic E-state index is 13.9. The van der Waals surface area contributed by atoms with Gasteiger partial charge in [0.15, 0.2) is 11.6 Å². The molecule has 0 unspecified atom stereocenters. The summed E-state index contributed by atoms with van der Waals surface area (Å²) in [6, 6.07) is 6.89. The summed E-state index contributed by atoms with van der Waals surface area (Å²) in [4.78, 5) is 1.09. The highest BCUT2D eigenvalue weighted by atomic mass is 32.1. The maximum Gasteiger partial charge on any atom is 0.165 e. The van der Waals surface area contributed by atoms with Gasteiger partial charge in [0, 0.05) is 4.88 Å². The van der Waals surface area contributed by atoms with Crippen molar-refractivity contribution in [3.63, 3.8) is 0 Å². The molecule has 2 N–H and O–H groups in total. The highest BCUT2D eigenvalue weighted by Crippen LogP contribution is 2.34. The maximum absolute atomic E-state index is 13.9. The fraction of sp³-hybridized carbons (Fsp3) is 0.286. The highest BCUT2D eigenvalue weighted by Gasteiger charge is 2.10. The van der Waals surface area contributed by atoms with Crippen molar-refractivity contribution in [3.8, 4) is 16.9 Å². The van der Waals surface area contributed by atoms with E-state index in [-0.39, 0.29) is 17.7 Å². The van der Waals surface area contributed by atoms with Gasteiger partial charge in [0.1, 0.15) is 0 Å². The van der Waals surface area contributed by atoms with Gasteiger partial charge in [-0.05, 0) is 50.1 Å². The predicted molar refractivity (Wildman–Crippen MR) is 74.6 cm³/mol. The molecule has 0 bridgehead atoms. The van der Waals surface area contributed by atoms with Crippen molar-refractivity contribution >= 4 is 16.3 Å². The molecule has 2 nitrogen and oxygen atoms in total. The van der Waals surface area contributed by atoms with E-state index in [1.807, 2.05) is 32.9 Å². The van der Waals surface area contributed by atoms with Gasteiger partial charge in [0.2, 0.25) is 0 Å². The Bertz CT molecular complexity index is 563. The molecule has 0 atom stereocenters. The first-order valence-electron chi connectivity index (χ1n) is 5.80. The van der Waals surface area contributed by atoms with Gasteiger partial charge < -0.3 is 10.5 Å². The van der Waals surface area contributed by atoms with Crippen LogP contribution in [0.15, 0.2) is 24.3 Å². The van der Waals surface area contributed by atoms with E-state index in [1.54, 1.807) is 6.07 Å². The van der Waals surface area contributed by atoms with Gasteiger partial charge in [-0.25, -0.2) is 4.39 Å². The van der Waals surface area contributed by atoms with Crippen LogP contribution in [-0.2, 0) is 0 Å². The Kier molecular flexibility index (Phi) is 3.57. The van der Waals surface area contributed by atoms with E-state index in [0.717, 1.165) is 21.0 Å². The van der Waals surface area contributed by atoms with E-state index in [2.05, 4.69) is 0 Å². The summed E-state index contributed by atoms with van der Waals surface area (Å²) < 4.78 is 19.3. The largest absolute Gasteiger partial charge is 0.488 e. The fourth-order valence-corrected chi connectivity index (χ4v) is 2.63. The van der Waals surface area contributed by atoms with Crippen LogP contribution in [0.2, 0.25) is 0 Å². The zero-order valence-corrected chi connectivity index (χ0v) is 11.5. The highest BCUT2D eigenvalue weighted by molar-refractivity contribution is 7.16. The number of halogens is 1. The number of ether oxygens (including phenoxy) is 1. The van der Waals surface area contributed by atoms with Gasteiger partial charge in [-0.15, -0.1) is 11.3 Å². The Morgan fingerprint density at radius 2 is 2.00 bits per heavy atom. The van der Waals surface area contributed by atoms with Crippen LogP contribution in [0.3, 0.4) is 0 Å². The number of thiophene rings is 1. The van der Waals surface area contributed by atoms with Gasteiger partial charge in [-0.2, -0.15) is 0 Å². The summed E-state index contributed by atoms with van der Waals surface area (Å²) in [5.41, 5.74) is 7.56. The second kappa shape index (κ2) is 4.98. The minimum atomic E-state index is -0.342. The van der Waals surface area contributed by atoms with Crippen LogP contribution in [0, 0.1) is 12.7 Å². The molecule has 0 fully saturated rings. The zero-order chi connectivity index (χ0) is 13.3. The van der Waals surface area contributed by atoms with E-state index in [9.17, 15) is 4.39 Å². The molecule has 0 aliphatic rings. The topological polar surface area (TPSA) is 35.2 Å². The molecule has 1 aromatic carbocycles. The van der Waals surface area contributed by atoms with Crippen molar-refractivity contribution in [2.75, 3.05) is 5.73 Å². The molecule has 96 valence electrons. The van der Waals surface area contributed by atoms with Crippen LogP contribution < -0.4 is 10.5 Å². The lowest BCUT2D eigenvalue weighted by Gasteiger charge is -2.11. The standard InChI is InChI=1S/C14H16FNOS/c1-8(2)17-13-5-4-10(6-12(13)15)11-7-14(16)18-9(11)3/h4-8H,16H2,1-3H3. The first-order chi connectivity index (χ1) is 8.47. The van der Waals surface area contributed by atoms with E-state index in [4.69, 9.17) is 10.5 Å². The van der Waals surface area contributed by atoms with Gasteiger partial charge in [0.05, 0.1) is 11.1 Å². The Balaban J connectivity index is 2.37. The summed E-state index contributed by atoms with van der Waals surface area (Å²) in [5.74, 6) is -0.0556. The van der Waals surface area contributed by atoms with E-state index in [0.29, 0.717) is 0 Å². The molecule has 0 amide bonds. The second-order valence-corrected chi connectivity index (χ2v) is 5.72. The minimum Gasteiger partial charge on any atom is -0.488 e. The molecule has 2 aromatic rings. The molecular formula is C14H16FNOS. The first-order valence-corrected chi connectivity index (χ1v) is 6.61. The van der Waals surface area contributed by atoms with Crippen LogP contribution in [0.25, 0.3) is 11.1 Å². The Morgan fingerprint density at radius 1 is 1.28 bits per heavy atom. The van der Waals surface area contributed by atoms with E-state index >= 15 is 0 Å². The van der Waals surface area contributed by atoms with Crippen LogP contribution in [0.5, 0.6) is 5.75 Å². The van der Waals surface area contributed by atoms with Crippen LogP contribution in [0.1, 0.15) is 18.7 Å². The summed E-state index contributed by atoms with van der Waals surface area (Å²) >= 11 is 1.51. The smallest absolute Gasteiger partial charge is 0.165 e. The Hall–Kier alpha value is -1.55. The Morgan fingerprint density at radius 3 is 2.50 bits per heavy atom. The predicted octanol–water partition coefficient (Wildman–Crippen LogP) is 4.23. The monoisotopic (exact) mass is 265 g/mol. The lowest BCUT2D eigenvalue weighted by molar-refractivity contribution is 0.231. The minimum absolute atomic E-state index is 0.0381. The SMILES string of the molecule is Cc1sc(N)cc1-c1ccc(OC(C)C)c(F)c1. The summed E-state index contributed by atoms with van der Waals surface area (Å²) in [7, 11) is 0. The molecule has 0 radical (unpaired) electrons. The second-order valence-electron chi connectivity index (χ2n) is 4.43. The molecule has 0 saturated carbocycles. The lowest BCUT2D eigenvalue weighted by atomic mass is 10.1.